The first-order chi connectivity index (χ1) is 10.8. The van der Waals surface area contributed by atoms with Gasteiger partial charge in [0, 0.05) is 17.7 Å². The number of benzene rings is 2. The van der Waals surface area contributed by atoms with Crippen LogP contribution in [0, 0.1) is 0 Å². The zero-order valence-corrected chi connectivity index (χ0v) is 13.1. The minimum atomic E-state index is 0.0646. The number of carbonyl (C=O) groups is 1. The fraction of sp³-hybridized carbons (Fsp3) is 0.278. The molecule has 0 aliphatic carbocycles. The topological polar surface area (TPSA) is 38.3 Å². The molecular weight excluding hydrogens is 294 g/mol. The van der Waals surface area contributed by atoms with E-state index in [-0.39, 0.29) is 11.9 Å². The van der Waals surface area contributed by atoms with Gasteiger partial charge in [-0.15, -0.1) is 11.8 Å². The van der Waals surface area contributed by atoms with Gasteiger partial charge in [0.2, 0.25) is 5.91 Å². The van der Waals surface area contributed by atoms with Gasteiger partial charge in [-0.05, 0) is 11.6 Å². The average Bonchev–Trinajstić information content (AvgIpc) is 2.56. The molecule has 2 aromatic rings. The number of para-hydroxylation sites is 1. The minimum absolute atomic E-state index is 0.0646. The van der Waals surface area contributed by atoms with Gasteiger partial charge in [0.1, 0.15) is 5.75 Å². The summed E-state index contributed by atoms with van der Waals surface area (Å²) >= 11 is 1.64. The number of carbonyl (C=O) groups excluding carboxylic acids is 1. The number of thioether (sulfide) groups is 1. The highest BCUT2D eigenvalue weighted by molar-refractivity contribution is 7.99. The molecule has 1 N–H and O–H groups in total. The molecule has 4 heteroatoms. The van der Waals surface area contributed by atoms with Crippen LogP contribution in [0.2, 0.25) is 0 Å². The van der Waals surface area contributed by atoms with E-state index in [2.05, 4.69) is 17.4 Å². The van der Waals surface area contributed by atoms with Gasteiger partial charge >= 0.3 is 0 Å². The lowest BCUT2D eigenvalue weighted by Crippen LogP contribution is -2.33. The van der Waals surface area contributed by atoms with Crippen molar-refractivity contribution >= 4 is 17.7 Å². The predicted molar refractivity (Wildman–Crippen MR) is 90.0 cm³/mol. The SMILES string of the molecule is O=C(CSCc1ccccc1)N[C@@H]1CCOc2ccccc21. The van der Waals surface area contributed by atoms with E-state index in [0.29, 0.717) is 12.4 Å². The molecule has 0 fully saturated rings. The normalized spacial score (nSPS) is 16.5. The van der Waals surface area contributed by atoms with Gasteiger partial charge in [0.25, 0.3) is 0 Å². The highest BCUT2D eigenvalue weighted by Crippen LogP contribution is 2.31. The second-order valence-electron chi connectivity index (χ2n) is 5.27. The van der Waals surface area contributed by atoms with Crippen LogP contribution in [-0.4, -0.2) is 18.3 Å². The van der Waals surface area contributed by atoms with Crippen LogP contribution >= 0.6 is 11.8 Å². The van der Waals surface area contributed by atoms with Crippen molar-refractivity contribution in [3.8, 4) is 5.75 Å². The molecule has 1 heterocycles. The monoisotopic (exact) mass is 313 g/mol. The summed E-state index contributed by atoms with van der Waals surface area (Å²) < 4.78 is 5.62. The number of fused-ring (bicyclic) bond motifs is 1. The van der Waals surface area contributed by atoms with Gasteiger partial charge < -0.3 is 10.1 Å². The van der Waals surface area contributed by atoms with Gasteiger partial charge in [0.05, 0.1) is 18.4 Å². The lowest BCUT2D eigenvalue weighted by molar-refractivity contribution is -0.119. The quantitative estimate of drug-likeness (QED) is 0.917. The lowest BCUT2D eigenvalue weighted by Gasteiger charge is -2.26. The Bertz CT molecular complexity index is 630. The minimum Gasteiger partial charge on any atom is -0.493 e. The van der Waals surface area contributed by atoms with E-state index in [1.807, 2.05) is 42.5 Å². The third kappa shape index (κ3) is 3.83. The van der Waals surface area contributed by atoms with Crippen LogP contribution in [0.15, 0.2) is 54.6 Å². The maximum Gasteiger partial charge on any atom is 0.230 e. The zero-order valence-electron chi connectivity index (χ0n) is 12.3. The molecule has 1 atom stereocenters. The van der Waals surface area contributed by atoms with Crippen molar-refractivity contribution in [3.63, 3.8) is 0 Å². The maximum atomic E-state index is 12.1. The number of hydrogen-bond donors (Lipinski definition) is 1. The smallest absolute Gasteiger partial charge is 0.230 e. The van der Waals surface area contributed by atoms with E-state index < -0.39 is 0 Å². The molecule has 0 spiro atoms. The van der Waals surface area contributed by atoms with Gasteiger partial charge in [-0.3, -0.25) is 4.79 Å². The third-order valence-electron chi connectivity index (χ3n) is 3.64. The first kappa shape index (κ1) is 15.0. The maximum absolute atomic E-state index is 12.1. The van der Waals surface area contributed by atoms with E-state index in [4.69, 9.17) is 4.74 Å². The summed E-state index contributed by atoms with van der Waals surface area (Å²) in [6.07, 6.45) is 0.826. The Kier molecular flexibility index (Phi) is 5.01. The van der Waals surface area contributed by atoms with Crippen LogP contribution in [0.4, 0.5) is 0 Å². The Labute approximate surface area is 135 Å². The van der Waals surface area contributed by atoms with Crippen LogP contribution in [-0.2, 0) is 10.5 Å². The molecule has 1 amide bonds. The van der Waals surface area contributed by atoms with Crippen LogP contribution in [0.5, 0.6) is 5.75 Å². The standard InChI is InChI=1S/C18H19NO2S/c20-18(13-22-12-14-6-2-1-3-7-14)19-16-10-11-21-17-9-5-4-8-15(16)17/h1-9,16H,10-13H2,(H,19,20)/t16-/m1/s1. The van der Waals surface area contributed by atoms with Crippen molar-refractivity contribution in [1.82, 2.24) is 5.32 Å². The Morgan fingerprint density at radius 3 is 2.77 bits per heavy atom. The molecule has 3 rings (SSSR count). The molecule has 2 aromatic carbocycles. The fourth-order valence-electron chi connectivity index (χ4n) is 2.56. The third-order valence-corrected chi connectivity index (χ3v) is 4.64. The van der Waals surface area contributed by atoms with Crippen molar-refractivity contribution in [2.45, 2.75) is 18.2 Å². The molecule has 1 aliphatic heterocycles. The first-order valence-electron chi connectivity index (χ1n) is 7.46. The summed E-state index contributed by atoms with van der Waals surface area (Å²) in [6.45, 7) is 0.652. The average molecular weight is 313 g/mol. The van der Waals surface area contributed by atoms with E-state index in [9.17, 15) is 4.79 Å². The number of hydrogen-bond acceptors (Lipinski definition) is 3. The highest BCUT2D eigenvalue weighted by atomic mass is 32.2. The van der Waals surface area contributed by atoms with E-state index in [0.717, 1.165) is 23.5 Å². The summed E-state index contributed by atoms with van der Waals surface area (Å²) in [6, 6.07) is 18.2. The zero-order chi connectivity index (χ0) is 15.2. The van der Waals surface area contributed by atoms with Gasteiger partial charge in [0.15, 0.2) is 0 Å². The summed E-state index contributed by atoms with van der Waals surface area (Å²) in [5.41, 5.74) is 2.33. The Morgan fingerprint density at radius 2 is 1.91 bits per heavy atom. The molecule has 114 valence electrons. The second kappa shape index (κ2) is 7.36. The molecule has 0 radical (unpaired) electrons. The number of rotatable bonds is 5. The molecule has 0 saturated carbocycles. The van der Waals surface area contributed by atoms with Crippen molar-refractivity contribution in [2.75, 3.05) is 12.4 Å². The van der Waals surface area contributed by atoms with E-state index >= 15 is 0 Å². The molecule has 0 unspecified atom stereocenters. The van der Waals surface area contributed by atoms with Gasteiger partial charge in [-0.25, -0.2) is 0 Å². The van der Waals surface area contributed by atoms with Crippen LogP contribution in [0.3, 0.4) is 0 Å². The predicted octanol–water partition coefficient (Wildman–Crippen LogP) is 3.56. The van der Waals surface area contributed by atoms with E-state index in [1.54, 1.807) is 11.8 Å². The Balaban J connectivity index is 1.50. The van der Waals surface area contributed by atoms with Gasteiger partial charge in [-0.2, -0.15) is 0 Å². The first-order valence-corrected chi connectivity index (χ1v) is 8.61. The summed E-state index contributed by atoms with van der Waals surface area (Å²) in [4.78, 5) is 12.1. The summed E-state index contributed by atoms with van der Waals surface area (Å²) in [5, 5.41) is 3.12. The van der Waals surface area contributed by atoms with Crippen molar-refractivity contribution in [1.29, 1.82) is 0 Å². The number of ether oxygens (including phenoxy) is 1. The molecular formula is C18H19NO2S. The molecule has 0 saturated heterocycles. The van der Waals surface area contributed by atoms with Crippen LogP contribution < -0.4 is 10.1 Å². The lowest BCUT2D eigenvalue weighted by atomic mass is 10.0. The van der Waals surface area contributed by atoms with Crippen LogP contribution in [0.1, 0.15) is 23.6 Å². The molecule has 3 nitrogen and oxygen atoms in total. The second-order valence-corrected chi connectivity index (χ2v) is 6.26. The molecule has 22 heavy (non-hydrogen) atoms. The number of nitrogens with one attached hydrogen (secondary N) is 1. The molecule has 0 bridgehead atoms. The fourth-order valence-corrected chi connectivity index (χ4v) is 3.36. The Hall–Kier alpha value is -1.94. The van der Waals surface area contributed by atoms with Crippen molar-refractivity contribution in [3.05, 3.63) is 65.7 Å². The Morgan fingerprint density at radius 1 is 1.14 bits per heavy atom. The highest BCUT2D eigenvalue weighted by Gasteiger charge is 2.22. The molecule has 0 aromatic heterocycles. The van der Waals surface area contributed by atoms with Crippen LogP contribution in [0.25, 0.3) is 0 Å². The molecule has 1 aliphatic rings. The number of amides is 1. The van der Waals surface area contributed by atoms with Crippen molar-refractivity contribution < 1.29 is 9.53 Å². The van der Waals surface area contributed by atoms with E-state index in [1.165, 1.54) is 5.56 Å². The summed E-state index contributed by atoms with van der Waals surface area (Å²) in [7, 11) is 0. The summed E-state index contributed by atoms with van der Waals surface area (Å²) in [5.74, 6) is 2.31. The van der Waals surface area contributed by atoms with Gasteiger partial charge in [-0.1, -0.05) is 48.5 Å². The largest absolute Gasteiger partial charge is 0.493 e. The van der Waals surface area contributed by atoms with Crippen molar-refractivity contribution in [2.24, 2.45) is 0 Å².